The number of phenolic OH excluding ortho intramolecular Hbond substituents is 3. The Labute approximate surface area is 225 Å². The van der Waals surface area contributed by atoms with Gasteiger partial charge < -0.3 is 64.2 Å². The molecule has 0 spiro atoms. The number of aliphatic hydroxyl groups is 5. The van der Waals surface area contributed by atoms with Crippen molar-refractivity contribution in [1.82, 2.24) is 0 Å². The fourth-order valence-corrected chi connectivity index (χ4v) is 4.59. The van der Waals surface area contributed by atoms with Crippen molar-refractivity contribution in [2.45, 2.75) is 62.2 Å². The van der Waals surface area contributed by atoms with Crippen molar-refractivity contribution in [3.05, 3.63) is 46.6 Å². The summed E-state index contributed by atoms with van der Waals surface area (Å²) in [7, 11) is 0. The average molecular weight is 564 g/mol. The fourth-order valence-electron chi connectivity index (χ4n) is 4.59. The molecule has 216 valence electrons. The highest BCUT2D eigenvalue weighted by Crippen LogP contribution is 2.37. The van der Waals surface area contributed by atoms with Crippen molar-refractivity contribution in [1.29, 1.82) is 0 Å². The Morgan fingerprint density at radius 2 is 1.55 bits per heavy atom. The lowest BCUT2D eigenvalue weighted by molar-refractivity contribution is -0.344. The van der Waals surface area contributed by atoms with Crippen LogP contribution in [0.3, 0.4) is 0 Å². The number of aliphatic hydroxyl groups excluding tert-OH is 5. The highest BCUT2D eigenvalue weighted by Gasteiger charge is 2.48. The summed E-state index contributed by atoms with van der Waals surface area (Å²) in [6, 6.07) is 7.47. The van der Waals surface area contributed by atoms with Gasteiger partial charge in [0.15, 0.2) is 18.2 Å². The van der Waals surface area contributed by atoms with Crippen LogP contribution >= 0.6 is 0 Å². The molecular weight excluding hydrogens is 536 g/mol. The van der Waals surface area contributed by atoms with Crippen LogP contribution in [0.4, 0.5) is 0 Å². The maximum atomic E-state index is 13.6. The molecule has 2 aliphatic rings. The molecule has 14 heteroatoms. The van der Waals surface area contributed by atoms with Gasteiger partial charge in [-0.1, -0.05) is 0 Å². The van der Waals surface area contributed by atoms with Crippen molar-refractivity contribution >= 4 is 11.0 Å². The molecule has 0 saturated carbocycles. The molecule has 8 N–H and O–H groups in total. The second kappa shape index (κ2) is 10.8. The summed E-state index contributed by atoms with van der Waals surface area (Å²) in [5, 5.41) is 81.1. The number of benzene rings is 2. The number of hydrogen-bond acceptors (Lipinski definition) is 14. The first kappa shape index (κ1) is 28.1. The largest absolute Gasteiger partial charge is 0.508 e. The molecule has 0 amide bonds. The first-order chi connectivity index (χ1) is 19.0. The SMILES string of the molecule is C[C@@H]1O[C@@H](O[C@H]2[C@H](Oc3c(-c4ccc(O)cc4)oc4cc(O)cc(O)c4c3=O)OC[C@H](O)[C@@H]2O)[C@H](O)[C@H](O)[C@H]1O. The number of rotatable bonds is 5. The lowest BCUT2D eigenvalue weighted by Gasteiger charge is -2.43. The van der Waals surface area contributed by atoms with Crippen molar-refractivity contribution in [3.63, 3.8) is 0 Å². The lowest BCUT2D eigenvalue weighted by atomic mass is 9.99. The van der Waals surface area contributed by atoms with Crippen LogP contribution in [0.25, 0.3) is 22.3 Å². The Hall–Kier alpha value is -3.47. The second-order valence-corrected chi connectivity index (χ2v) is 9.63. The number of hydrogen-bond donors (Lipinski definition) is 8. The highest BCUT2D eigenvalue weighted by molar-refractivity contribution is 5.88. The predicted octanol–water partition coefficient (Wildman–Crippen LogP) is -0.754. The molecule has 0 radical (unpaired) electrons. The van der Waals surface area contributed by atoms with Gasteiger partial charge in [-0.05, 0) is 31.2 Å². The molecule has 0 unspecified atom stereocenters. The fraction of sp³-hybridized carbons (Fsp3) is 0.423. The smallest absolute Gasteiger partial charge is 0.239 e. The minimum Gasteiger partial charge on any atom is -0.508 e. The van der Waals surface area contributed by atoms with Crippen molar-refractivity contribution in [3.8, 4) is 34.3 Å². The third-order valence-corrected chi connectivity index (χ3v) is 6.81. The molecule has 1 aromatic heterocycles. The number of aromatic hydroxyl groups is 3. The van der Waals surface area contributed by atoms with E-state index in [1.165, 1.54) is 31.2 Å². The van der Waals surface area contributed by atoms with E-state index in [2.05, 4.69) is 0 Å². The van der Waals surface area contributed by atoms with Gasteiger partial charge in [-0.2, -0.15) is 0 Å². The summed E-state index contributed by atoms with van der Waals surface area (Å²) in [5.41, 5.74) is -0.850. The third-order valence-electron chi connectivity index (χ3n) is 6.81. The van der Waals surface area contributed by atoms with E-state index >= 15 is 0 Å². The summed E-state index contributed by atoms with van der Waals surface area (Å²) in [5.74, 6) is -1.80. The molecule has 0 bridgehead atoms. The molecule has 9 atom stereocenters. The van der Waals surface area contributed by atoms with E-state index < -0.39 is 78.8 Å². The molecule has 40 heavy (non-hydrogen) atoms. The second-order valence-electron chi connectivity index (χ2n) is 9.63. The van der Waals surface area contributed by atoms with Crippen LogP contribution in [0, 0.1) is 0 Å². The standard InChI is InChI=1S/C26H28O14/c1-9-17(31)20(34)21(35)25(37-9)40-24-18(32)14(30)8-36-26(24)39-23-19(33)16-13(29)6-12(28)7-15(16)38-22(23)10-2-4-11(27)5-3-10/h2-7,9,14,17-18,20-21,24-32,34-35H,8H2,1H3/t9-,14-,17-,18-,20+,21+,24+,25-,26-/m0/s1. The summed E-state index contributed by atoms with van der Waals surface area (Å²) < 4.78 is 28.3. The van der Waals surface area contributed by atoms with E-state index in [4.69, 9.17) is 23.4 Å². The van der Waals surface area contributed by atoms with Gasteiger partial charge in [0.25, 0.3) is 0 Å². The van der Waals surface area contributed by atoms with Crippen molar-refractivity contribution < 1.29 is 64.2 Å². The average Bonchev–Trinajstić information content (AvgIpc) is 2.91. The van der Waals surface area contributed by atoms with E-state index in [-0.39, 0.29) is 33.8 Å². The van der Waals surface area contributed by atoms with E-state index in [1.807, 2.05) is 0 Å². The Morgan fingerprint density at radius 1 is 0.850 bits per heavy atom. The Balaban J connectivity index is 1.57. The number of fused-ring (bicyclic) bond motifs is 1. The first-order valence-electron chi connectivity index (χ1n) is 12.3. The maximum absolute atomic E-state index is 13.6. The molecule has 2 aromatic carbocycles. The normalized spacial score (nSPS) is 32.7. The topological polar surface area (TPSA) is 229 Å². The van der Waals surface area contributed by atoms with Gasteiger partial charge in [0.05, 0.1) is 12.7 Å². The van der Waals surface area contributed by atoms with Crippen LogP contribution in [-0.2, 0) is 14.2 Å². The predicted molar refractivity (Wildman–Crippen MR) is 133 cm³/mol. The Morgan fingerprint density at radius 3 is 2.25 bits per heavy atom. The minimum absolute atomic E-state index is 0.0848. The Kier molecular flexibility index (Phi) is 7.60. The summed E-state index contributed by atoms with van der Waals surface area (Å²) >= 11 is 0. The van der Waals surface area contributed by atoms with Crippen LogP contribution in [0.15, 0.2) is 45.6 Å². The van der Waals surface area contributed by atoms with E-state index in [1.54, 1.807) is 0 Å². The minimum atomic E-state index is -1.76. The van der Waals surface area contributed by atoms with Gasteiger partial charge in [-0.15, -0.1) is 0 Å². The number of phenols is 3. The van der Waals surface area contributed by atoms with Crippen LogP contribution in [0.5, 0.6) is 23.0 Å². The van der Waals surface area contributed by atoms with Gasteiger partial charge in [-0.25, -0.2) is 0 Å². The van der Waals surface area contributed by atoms with Gasteiger partial charge in [-0.3, -0.25) is 4.79 Å². The molecule has 2 aliphatic heterocycles. The molecule has 2 saturated heterocycles. The van der Waals surface area contributed by atoms with Crippen molar-refractivity contribution in [2.75, 3.05) is 6.61 Å². The first-order valence-corrected chi connectivity index (χ1v) is 12.3. The van der Waals surface area contributed by atoms with E-state index in [0.29, 0.717) is 0 Å². The van der Waals surface area contributed by atoms with Gasteiger partial charge in [0.1, 0.15) is 58.7 Å². The van der Waals surface area contributed by atoms with Gasteiger partial charge in [0.2, 0.25) is 17.5 Å². The third kappa shape index (κ3) is 5.07. The monoisotopic (exact) mass is 564 g/mol. The molecule has 5 rings (SSSR count). The lowest BCUT2D eigenvalue weighted by Crippen LogP contribution is -2.62. The molecule has 0 aliphatic carbocycles. The van der Waals surface area contributed by atoms with Gasteiger partial charge in [0, 0.05) is 17.7 Å². The zero-order chi connectivity index (χ0) is 28.9. The Bertz CT molecular complexity index is 1420. The quantitative estimate of drug-likeness (QED) is 0.191. The van der Waals surface area contributed by atoms with Crippen LogP contribution in [0.1, 0.15) is 6.92 Å². The highest BCUT2D eigenvalue weighted by atomic mass is 16.8. The molecule has 2 fully saturated rings. The van der Waals surface area contributed by atoms with Crippen LogP contribution in [-0.4, -0.2) is 103 Å². The van der Waals surface area contributed by atoms with E-state index in [9.17, 15) is 45.6 Å². The van der Waals surface area contributed by atoms with Crippen LogP contribution < -0.4 is 10.2 Å². The summed E-state index contributed by atoms with van der Waals surface area (Å²) in [4.78, 5) is 13.6. The summed E-state index contributed by atoms with van der Waals surface area (Å²) in [6.07, 6.45) is -13.9. The maximum Gasteiger partial charge on any atom is 0.239 e. The van der Waals surface area contributed by atoms with Crippen molar-refractivity contribution in [2.24, 2.45) is 0 Å². The zero-order valence-electron chi connectivity index (χ0n) is 20.9. The van der Waals surface area contributed by atoms with Crippen LogP contribution in [0.2, 0.25) is 0 Å². The molecule has 3 heterocycles. The molecular formula is C26H28O14. The zero-order valence-corrected chi connectivity index (χ0v) is 20.9. The van der Waals surface area contributed by atoms with Gasteiger partial charge >= 0.3 is 0 Å². The summed E-state index contributed by atoms with van der Waals surface area (Å²) in [6.45, 7) is 0.964. The molecule has 3 aromatic rings. The number of ether oxygens (including phenoxy) is 4. The van der Waals surface area contributed by atoms with E-state index in [0.717, 1.165) is 12.1 Å². The molecule has 14 nitrogen and oxygen atoms in total.